The molecule has 7 nitrogen and oxygen atoms in total. The quantitative estimate of drug-likeness (QED) is 0.557. The van der Waals surface area contributed by atoms with Crippen molar-refractivity contribution < 1.29 is 9.59 Å². The Labute approximate surface area is 173 Å². The van der Waals surface area contributed by atoms with Gasteiger partial charge in [-0.15, -0.1) is 10.2 Å². The number of aryl methyl sites for hydroxylation is 2. The molecule has 150 valence electrons. The van der Waals surface area contributed by atoms with E-state index in [0.29, 0.717) is 23.8 Å². The maximum Gasteiger partial charge on any atom is 0.234 e. The van der Waals surface area contributed by atoms with Gasteiger partial charge in [0.15, 0.2) is 5.16 Å². The van der Waals surface area contributed by atoms with Gasteiger partial charge in [-0.25, -0.2) is 0 Å². The first-order valence-electron chi connectivity index (χ1n) is 9.24. The van der Waals surface area contributed by atoms with Gasteiger partial charge in [0.05, 0.1) is 5.75 Å². The van der Waals surface area contributed by atoms with Gasteiger partial charge in [0.2, 0.25) is 11.8 Å². The van der Waals surface area contributed by atoms with Crippen LogP contribution in [-0.4, -0.2) is 32.3 Å². The molecule has 0 saturated carbocycles. The van der Waals surface area contributed by atoms with Crippen LogP contribution >= 0.6 is 11.8 Å². The van der Waals surface area contributed by atoms with Crippen LogP contribution in [0.1, 0.15) is 17.8 Å². The van der Waals surface area contributed by atoms with E-state index < -0.39 is 0 Å². The van der Waals surface area contributed by atoms with Crippen molar-refractivity contribution >= 4 is 35.0 Å². The van der Waals surface area contributed by atoms with Gasteiger partial charge >= 0.3 is 0 Å². The fourth-order valence-electron chi connectivity index (χ4n) is 2.62. The third kappa shape index (κ3) is 6.18. The zero-order chi connectivity index (χ0) is 20.6. The number of nitrogens with one attached hydrogen (secondary N) is 2. The van der Waals surface area contributed by atoms with E-state index in [4.69, 9.17) is 0 Å². The number of nitrogens with zero attached hydrogens (tertiary/aromatic N) is 3. The minimum Gasteiger partial charge on any atom is -0.326 e. The highest BCUT2D eigenvalue weighted by Gasteiger charge is 2.13. The summed E-state index contributed by atoms with van der Waals surface area (Å²) >= 11 is 1.31. The van der Waals surface area contributed by atoms with Gasteiger partial charge in [0.1, 0.15) is 5.82 Å². The van der Waals surface area contributed by atoms with E-state index in [1.807, 2.05) is 73.1 Å². The highest BCUT2D eigenvalue weighted by molar-refractivity contribution is 7.99. The summed E-state index contributed by atoms with van der Waals surface area (Å²) in [5, 5.41) is 14.6. The number of benzene rings is 2. The number of aromatic nitrogens is 3. The van der Waals surface area contributed by atoms with Gasteiger partial charge in [0.25, 0.3) is 0 Å². The summed E-state index contributed by atoms with van der Waals surface area (Å²) < 4.78 is 1.82. The number of para-hydroxylation sites is 1. The molecular weight excluding hydrogens is 386 g/mol. The Hall–Kier alpha value is -3.13. The SMILES string of the molecule is Cc1ccc(NC(=O)CCc2nnc(SCC(=O)Nc3ccccc3)n2C)cc1. The van der Waals surface area contributed by atoms with Gasteiger partial charge < -0.3 is 15.2 Å². The van der Waals surface area contributed by atoms with E-state index >= 15 is 0 Å². The molecule has 0 saturated heterocycles. The minimum atomic E-state index is -0.108. The molecule has 0 aliphatic heterocycles. The third-order valence-electron chi connectivity index (χ3n) is 4.23. The summed E-state index contributed by atoms with van der Waals surface area (Å²) in [6.45, 7) is 2.00. The van der Waals surface area contributed by atoms with Crippen LogP contribution < -0.4 is 10.6 Å². The second-order valence-corrected chi connectivity index (χ2v) is 7.52. The molecule has 2 N–H and O–H groups in total. The summed E-state index contributed by atoms with van der Waals surface area (Å²) in [7, 11) is 1.84. The van der Waals surface area contributed by atoms with E-state index in [9.17, 15) is 9.59 Å². The Morgan fingerprint density at radius 2 is 1.59 bits per heavy atom. The zero-order valence-electron chi connectivity index (χ0n) is 16.4. The summed E-state index contributed by atoms with van der Waals surface area (Å²) in [5.74, 6) is 0.751. The molecule has 0 atom stereocenters. The van der Waals surface area contributed by atoms with Crippen molar-refractivity contribution in [2.75, 3.05) is 16.4 Å². The van der Waals surface area contributed by atoms with Crippen LogP contribution in [-0.2, 0) is 23.1 Å². The van der Waals surface area contributed by atoms with Crippen molar-refractivity contribution in [3.05, 3.63) is 66.0 Å². The molecule has 0 spiro atoms. The van der Waals surface area contributed by atoms with E-state index in [1.54, 1.807) is 0 Å². The van der Waals surface area contributed by atoms with Gasteiger partial charge in [0, 0.05) is 31.3 Å². The standard InChI is InChI=1S/C21H23N5O2S/c1-15-8-10-17(11-9-15)22-19(27)13-12-18-24-25-21(26(18)2)29-14-20(28)23-16-6-4-3-5-7-16/h3-11H,12-14H2,1-2H3,(H,22,27)(H,23,28). The molecule has 29 heavy (non-hydrogen) atoms. The number of carbonyl (C=O) groups is 2. The number of thioether (sulfide) groups is 1. The number of hydrogen-bond donors (Lipinski definition) is 2. The van der Waals surface area contributed by atoms with Crippen molar-refractivity contribution in [2.24, 2.45) is 7.05 Å². The van der Waals surface area contributed by atoms with Crippen LogP contribution in [0.2, 0.25) is 0 Å². The average molecular weight is 410 g/mol. The maximum atomic E-state index is 12.2. The van der Waals surface area contributed by atoms with E-state index in [1.165, 1.54) is 11.8 Å². The first kappa shape index (κ1) is 20.6. The van der Waals surface area contributed by atoms with Crippen LogP contribution in [0.4, 0.5) is 11.4 Å². The molecule has 3 aromatic rings. The fourth-order valence-corrected chi connectivity index (χ4v) is 3.35. The molecule has 0 radical (unpaired) electrons. The second kappa shape index (κ2) is 9.88. The second-order valence-electron chi connectivity index (χ2n) is 6.57. The van der Waals surface area contributed by atoms with Crippen molar-refractivity contribution in [2.45, 2.75) is 24.9 Å². The Morgan fingerprint density at radius 1 is 0.931 bits per heavy atom. The van der Waals surface area contributed by atoms with Crippen LogP contribution in [0, 0.1) is 6.92 Å². The van der Waals surface area contributed by atoms with E-state index in [0.717, 1.165) is 16.9 Å². The molecule has 0 bridgehead atoms. The van der Waals surface area contributed by atoms with E-state index in [2.05, 4.69) is 20.8 Å². The lowest BCUT2D eigenvalue weighted by atomic mass is 10.2. The van der Waals surface area contributed by atoms with Crippen LogP contribution in [0.25, 0.3) is 0 Å². The number of anilines is 2. The molecular formula is C21H23N5O2S. The largest absolute Gasteiger partial charge is 0.326 e. The molecule has 0 fully saturated rings. The Morgan fingerprint density at radius 3 is 2.31 bits per heavy atom. The molecule has 3 rings (SSSR count). The van der Waals surface area contributed by atoms with Crippen molar-refractivity contribution in [3.8, 4) is 0 Å². The van der Waals surface area contributed by atoms with Crippen LogP contribution in [0.15, 0.2) is 59.8 Å². The van der Waals surface area contributed by atoms with Crippen molar-refractivity contribution in [1.82, 2.24) is 14.8 Å². The smallest absolute Gasteiger partial charge is 0.234 e. The van der Waals surface area contributed by atoms with Gasteiger partial charge in [-0.3, -0.25) is 9.59 Å². The normalized spacial score (nSPS) is 10.6. The minimum absolute atomic E-state index is 0.0757. The molecule has 1 heterocycles. The Kier molecular flexibility index (Phi) is 7.02. The summed E-state index contributed by atoms with van der Waals surface area (Å²) in [6.07, 6.45) is 0.775. The van der Waals surface area contributed by atoms with Crippen molar-refractivity contribution in [1.29, 1.82) is 0 Å². The molecule has 0 unspecified atom stereocenters. The number of amides is 2. The van der Waals surface area contributed by atoms with Gasteiger partial charge in [-0.2, -0.15) is 0 Å². The highest BCUT2D eigenvalue weighted by atomic mass is 32.2. The number of carbonyl (C=O) groups excluding carboxylic acids is 2. The topological polar surface area (TPSA) is 88.9 Å². The van der Waals surface area contributed by atoms with Gasteiger partial charge in [-0.1, -0.05) is 47.7 Å². The Bertz CT molecular complexity index is 970. The van der Waals surface area contributed by atoms with E-state index in [-0.39, 0.29) is 17.6 Å². The monoisotopic (exact) mass is 409 g/mol. The summed E-state index contributed by atoms with van der Waals surface area (Å²) in [5.41, 5.74) is 2.68. The highest BCUT2D eigenvalue weighted by Crippen LogP contribution is 2.17. The summed E-state index contributed by atoms with van der Waals surface area (Å²) in [4.78, 5) is 24.2. The average Bonchev–Trinajstić information content (AvgIpc) is 3.07. The number of hydrogen-bond acceptors (Lipinski definition) is 5. The lowest BCUT2D eigenvalue weighted by molar-refractivity contribution is -0.116. The molecule has 0 aliphatic carbocycles. The zero-order valence-corrected chi connectivity index (χ0v) is 17.2. The first-order valence-corrected chi connectivity index (χ1v) is 10.2. The third-order valence-corrected chi connectivity index (χ3v) is 5.25. The maximum absolute atomic E-state index is 12.2. The van der Waals surface area contributed by atoms with Crippen LogP contribution in [0.3, 0.4) is 0 Å². The lowest BCUT2D eigenvalue weighted by Crippen LogP contribution is -2.15. The molecule has 1 aromatic heterocycles. The Balaban J connectivity index is 1.46. The summed E-state index contributed by atoms with van der Waals surface area (Å²) in [6, 6.07) is 17.0. The molecule has 2 aromatic carbocycles. The predicted molar refractivity (Wildman–Crippen MR) is 115 cm³/mol. The number of rotatable bonds is 8. The molecule has 8 heteroatoms. The molecule has 2 amide bonds. The van der Waals surface area contributed by atoms with Gasteiger partial charge in [-0.05, 0) is 31.2 Å². The first-order chi connectivity index (χ1) is 14.0. The lowest BCUT2D eigenvalue weighted by Gasteiger charge is -2.06. The van der Waals surface area contributed by atoms with Crippen LogP contribution in [0.5, 0.6) is 0 Å². The predicted octanol–water partition coefficient (Wildman–Crippen LogP) is 3.43. The van der Waals surface area contributed by atoms with Crippen molar-refractivity contribution in [3.63, 3.8) is 0 Å². The fraction of sp³-hybridized carbons (Fsp3) is 0.238. The molecule has 0 aliphatic rings.